The number of benzene rings is 1. The van der Waals surface area contributed by atoms with Crippen LogP contribution in [0.5, 0.6) is 0 Å². The molecule has 0 saturated heterocycles. The Morgan fingerprint density at radius 1 is 1.22 bits per heavy atom. The molecule has 0 amide bonds. The fraction of sp³-hybridized carbons (Fsp3) is 0.286. The maximum Gasteiger partial charge on any atom is 0.135 e. The fourth-order valence-electron chi connectivity index (χ4n) is 1.71. The molecule has 0 radical (unpaired) electrons. The summed E-state index contributed by atoms with van der Waals surface area (Å²) in [5.41, 5.74) is 3.51. The van der Waals surface area contributed by atoms with Gasteiger partial charge in [-0.1, -0.05) is 30.7 Å². The summed E-state index contributed by atoms with van der Waals surface area (Å²) >= 11 is 5.97. The summed E-state index contributed by atoms with van der Waals surface area (Å²) in [6.07, 6.45) is 0.766. The minimum atomic E-state index is 0.467. The van der Waals surface area contributed by atoms with Crippen LogP contribution >= 0.6 is 11.6 Å². The molecule has 2 aromatic rings. The van der Waals surface area contributed by atoms with E-state index in [-0.39, 0.29) is 0 Å². The highest BCUT2D eigenvalue weighted by Crippen LogP contribution is 2.23. The highest BCUT2D eigenvalue weighted by molar-refractivity contribution is 6.29. The van der Waals surface area contributed by atoms with Crippen molar-refractivity contribution < 1.29 is 0 Å². The topological polar surface area (TPSA) is 37.8 Å². The van der Waals surface area contributed by atoms with Crippen molar-refractivity contribution in [1.82, 2.24) is 9.97 Å². The first-order valence-electron chi connectivity index (χ1n) is 5.97. The molecular formula is C14H16ClN3. The van der Waals surface area contributed by atoms with Gasteiger partial charge in [0, 0.05) is 18.2 Å². The summed E-state index contributed by atoms with van der Waals surface area (Å²) in [5, 5.41) is 3.76. The van der Waals surface area contributed by atoms with Crippen molar-refractivity contribution in [2.24, 2.45) is 0 Å². The molecule has 0 unspecified atom stereocenters. The molecule has 1 aromatic heterocycles. The predicted molar refractivity (Wildman–Crippen MR) is 75.6 cm³/mol. The van der Waals surface area contributed by atoms with Crippen LogP contribution in [0.25, 0.3) is 0 Å². The molecule has 0 aliphatic carbocycles. The van der Waals surface area contributed by atoms with E-state index >= 15 is 0 Å². The molecule has 18 heavy (non-hydrogen) atoms. The summed E-state index contributed by atoms with van der Waals surface area (Å²) in [5.74, 6) is 1.48. The third-order valence-electron chi connectivity index (χ3n) is 2.92. The SMILES string of the molecule is CCc1nc(Cl)cc(Nc2cccc(C)c2C)n1. The van der Waals surface area contributed by atoms with Crippen LogP contribution in [-0.2, 0) is 6.42 Å². The molecular weight excluding hydrogens is 246 g/mol. The summed E-state index contributed by atoms with van der Waals surface area (Å²) in [7, 11) is 0. The van der Waals surface area contributed by atoms with E-state index in [4.69, 9.17) is 11.6 Å². The van der Waals surface area contributed by atoms with E-state index in [1.54, 1.807) is 6.07 Å². The molecule has 1 aromatic carbocycles. The molecule has 0 atom stereocenters. The molecule has 3 nitrogen and oxygen atoms in total. The van der Waals surface area contributed by atoms with E-state index in [2.05, 4.69) is 35.2 Å². The quantitative estimate of drug-likeness (QED) is 0.847. The zero-order valence-corrected chi connectivity index (χ0v) is 11.5. The molecule has 94 valence electrons. The van der Waals surface area contributed by atoms with Gasteiger partial charge in [0.2, 0.25) is 0 Å². The Hall–Kier alpha value is -1.61. The Morgan fingerprint density at radius 2 is 2.00 bits per heavy atom. The number of hydrogen-bond acceptors (Lipinski definition) is 3. The molecule has 0 fully saturated rings. The van der Waals surface area contributed by atoms with Gasteiger partial charge in [0.05, 0.1) is 0 Å². The van der Waals surface area contributed by atoms with Crippen molar-refractivity contribution >= 4 is 23.1 Å². The average Bonchev–Trinajstić information content (AvgIpc) is 2.34. The van der Waals surface area contributed by atoms with Gasteiger partial charge in [0.25, 0.3) is 0 Å². The number of hydrogen-bond donors (Lipinski definition) is 1. The first-order valence-corrected chi connectivity index (χ1v) is 6.34. The van der Waals surface area contributed by atoms with E-state index in [0.29, 0.717) is 5.15 Å². The predicted octanol–water partition coefficient (Wildman–Crippen LogP) is 4.05. The third kappa shape index (κ3) is 2.79. The van der Waals surface area contributed by atoms with Gasteiger partial charge in [0.1, 0.15) is 16.8 Å². The van der Waals surface area contributed by atoms with Crippen molar-refractivity contribution in [3.05, 3.63) is 46.4 Å². The van der Waals surface area contributed by atoms with Crippen LogP contribution in [0.1, 0.15) is 23.9 Å². The number of aromatic nitrogens is 2. The number of aryl methyl sites for hydroxylation is 2. The molecule has 2 rings (SSSR count). The number of nitrogens with one attached hydrogen (secondary N) is 1. The van der Waals surface area contributed by atoms with Crippen molar-refractivity contribution in [3.63, 3.8) is 0 Å². The van der Waals surface area contributed by atoms with E-state index < -0.39 is 0 Å². The zero-order valence-electron chi connectivity index (χ0n) is 10.8. The summed E-state index contributed by atoms with van der Waals surface area (Å²) in [6, 6.07) is 7.88. The number of anilines is 2. The minimum absolute atomic E-state index is 0.467. The van der Waals surface area contributed by atoms with Crippen LogP contribution in [0.2, 0.25) is 5.15 Å². The van der Waals surface area contributed by atoms with Gasteiger partial charge in [-0.15, -0.1) is 0 Å². The molecule has 0 saturated carbocycles. The Labute approximate surface area is 112 Å². The van der Waals surface area contributed by atoms with Crippen LogP contribution < -0.4 is 5.32 Å². The van der Waals surface area contributed by atoms with E-state index in [1.165, 1.54) is 11.1 Å². The lowest BCUT2D eigenvalue weighted by molar-refractivity contribution is 0.943. The molecule has 0 aliphatic heterocycles. The van der Waals surface area contributed by atoms with Crippen molar-refractivity contribution in [2.45, 2.75) is 27.2 Å². The van der Waals surface area contributed by atoms with Crippen molar-refractivity contribution in [3.8, 4) is 0 Å². The van der Waals surface area contributed by atoms with Gasteiger partial charge in [-0.2, -0.15) is 0 Å². The lowest BCUT2D eigenvalue weighted by atomic mass is 10.1. The van der Waals surface area contributed by atoms with E-state index in [9.17, 15) is 0 Å². The molecule has 1 heterocycles. The maximum atomic E-state index is 5.97. The molecule has 1 N–H and O–H groups in total. The smallest absolute Gasteiger partial charge is 0.135 e. The van der Waals surface area contributed by atoms with Crippen LogP contribution in [0.3, 0.4) is 0 Å². The van der Waals surface area contributed by atoms with Crippen LogP contribution in [-0.4, -0.2) is 9.97 Å². The number of rotatable bonds is 3. The van der Waals surface area contributed by atoms with Gasteiger partial charge in [-0.25, -0.2) is 9.97 Å². The second-order valence-corrected chi connectivity index (χ2v) is 4.61. The van der Waals surface area contributed by atoms with E-state index in [0.717, 1.165) is 23.8 Å². The Morgan fingerprint density at radius 3 is 2.72 bits per heavy atom. The van der Waals surface area contributed by atoms with Gasteiger partial charge < -0.3 is 5.32 Å². The Kier molecular flexibility index (Phi) is 3.82. The minimum Gasteiger partial charge on any atom is -0.340 e. The lowest BCUT2D eigenvalue weighted by Crippen LogP contribution is -2.01. The molecule has 0 bridgehead atoms. The average molecular weight is 262 g/mol. The lowest BCUT2D eigenvalue weighted by Gasteiger charge is -2.11. The fourth-order valence-corrected chi connectivity index (χ4v) is 1.91. The normalized spacial score (nSPS) is 10.4. The largest absolute Gasteiger partial charge is 0.340 e. The van der Waals surface area contributed by atoms with Gasteiger partial charge in [0.15, 0.2) is 0 Å². The second kappa shape index (κ2) is 5.36. The third-order valence-corrected chi connectivity index (χ3v) is 3.12. The highest BCUT2D eigenvalue weighted by Gasteiger charge is 2.05. The molecule has 0 spiro atoms. The summed E-state index contributed by atoms with van der Waals surface area (Å²) in [4.78, 5) is 8.56. The van der Waals surface area contributed by atoms with Gasteiger partial charge >= 0.3 is 0 Å². The second-order valence-electron chi connectivity index (χ2n) is 4.22. The van der Waals surface area contributed by atoms with E-state index in [1.807, 2.05) is 19.1 Å². The zero-order chi connectivity index (χ0) is 13.1. The van der Waals surface area contributed by atoms with Gasteiger partial charge in [-0.05, 0) is 31.0 Å². The summed E-state index contributed by atoms with van der Waals surface area (Å²) in [6.45, 7) is 6.18. The number of nitrogens with zero attached hydrogens (tertiary/aromatic N) is 2. The van der Waals surface area contributed by atoms with Gasteiger partial charge in [-0.3, -0.25) is 0 Å². The highest BCUT2D eigenvalue weighted by atomic mass is 35.5. The van der Waals surface area contributed by atoms with Crippen molar-refractivity contribution in [1.29, 1.82) is 0 Å². The molecule has 0 aliphatic rings. The number of halogens is 1. The van der Waals surface area contributed by atoms with Crippen LogP contribution in [0.4, 0.5) is 11.5 Å². The first kappa shape index (κ1) is 12.8. The standard InChI is InChI=1S/C14H16ClN3/c1-4-13-17-12(15)8-14(18-13)16-11-7-5-6-9(2)10(11)3/h5-8H,4H2,1-3H3,(H,16,17,18). The first-order chi connectivity index (χ1) is 8.60. The molecule has 4 heteroatoms. The van der Waals surface area contributed by atoms with Crippen LogP contribution in [0, 0.1) is 13.8 Å². The van der Waals surface area contributed by atoms with Crippen LogP contribution in [0.15, 0.2) is 24.3 Å². The summed E-state index contributed by atoms with van der Waals surface area (Å²) < 4.78 is 0. The van der Waals surface area contributed by atoms with Crippen molar-refractivity contribution in [2.75, 3.05) is 5.32 Å². The Balaban J connectivity index is 2.34. The maximum absolute atomic E-state index is 5.97. The Bertz CT molecular complexity index is 567. The monoisotopic (exact) mass is 261 g/mol.